The van der Waals surface area contributed by atoms with Crippen molar-refractivity contribution >= 4 is 49.2 Å². The maximum absolute atomic E-state index is 10.3. The molecule has 0 saturated carbocycles. The van der Waals surface area contributed by atoms with Gasteiger partial charge in [0, 0.05) is 15.8 Å². The topological polar surface area (TPSA) is 57.5 Å². The van der Waals surface area contributed by atoms with E-state index >= 15 is 0 Å². The first kappa shape index (κ1) is 11.2. The van der Waals surface area contributed by atoms with Gasteiger partial charge in [0.1, 0.15) is 0 Å². The van der Waals surface area contributed by atoms with Gasteiger partial charge in [-0.25, -0.2) is 4.79 Å². The van der Waals surface area contributed by atoms with E-state index in [-0.39, 0.29) is 6.42 Å². The van der Waals surface area contributed by atoms with Crippen LogP contribution in [0.4, 0.5) is 0 Å². The monoisotopic (exact) mass is 328 g/mol. The Balaban J connectivity index is 2.69. The van der Waals surface area contributed by atoms with E-state index in [1.165, 1.54) is 11.3 Å². The van der Waals surface area contributed by atoms with Crippen molar-refractivity contribution in [3.05, 3.63) is 19.2 Å². The van der Waals surface area contributed by atoms with Crippen molar-refractivity contribution in [1.82, 2.24) is 0 Å². The van der Waals surface area contributed by atoms with Gasteiger partial charge in [-0.15, -0.1) is 11.3 Å². The van der Waals surface area contributed by atoms with E-state index in [2.05, 4.69) is 31.9 Å². The normalized spacial score (nSPS) is 12.8. The van der Waals surface area contributed by atoms with Crippen LogP contribution in [0.15, 0.2) is 14.3 Å². The Hall–Kier alpha value is 0.0900. The highest BCUT2D eigenvalue weighted by molar-refractivity contribution is 9.13. The van der Waals surface area contributed by atoms with Crippen molar-refractivity contribution in [2.45, 2.75) is 12.5 Å². The second kappa shape index (κ2) is 4.54. The molecule has 1 aromatic heterocycles. The zero-order valence-corrected chi connectivity index (χ0v) is 10.3. The van der Waals surface area contributed by atoms with Crippen LogP contribution < -0.4 is 0 Å². The smallest absolute Gasteiger partial charge is 0.332 e. The van der Waals surface area contributed by atoms with Gasteiger partial charge in [-0.2, -0.15) is 0 Å². The van der Waals surface area contributed by atoms with E-state index in [1.807, 2.05) is 0 Å². The molecular formula is C7H6Br2O3S. The Labute approximate surface area is 95.7 Å². The van der Waals surface area contributed by atoms with Crippen molar-refractivity contribution < 1.29 is 15.0 Å². The molecule has 1 unspecified atom stereocenters. The molecule has 0 bridgehead atoms. The Morgan fingerprint density at radius 2 is 2.23 bits per heavy atom. The van der Waals surface area contributed by atoms with E-state index in [9.17, 15) is 4.79 Å². The van der Waals surface area contributed by atoms with Gasteiger partial charge in [0.2, 0.25) is 0 Å². The van der Waals surface area contributed by atoms with Gasteiger partial charge in [-0.3, -0.25) is 0 Å². The second-order valence-electron chi connectivity index (χ2n) is 2.39. The fourth-order valence-corrected chi connectivity index (χ4v) is 2.98. The van der Waals surface area contributed by atoms with E-state index in [0.29, 0.717) is 0 Å². The van der Waals surface area contributed by atoms with Gasteiger partial charge in [0.15, 0.2) is 6.10 Å². The summed E-state index contributed by atoms with van der Waals surface area (Å²) in [5.41, 5.74) is 0. The van der Waals surface area contributed by atoms with Crippen molar-refractivity contribution in [2.75, 3.05) is 0 Å². The zero-order chi connectivity index (χ0) is 10.0. The number of hydrogen-bond acceptors (Lipinski definition) is 3. The van der Waals surface area contributed by atoms with Crippen molar-refractivity contribution in [1.29, 1.82) is 0 Å². The molecule has 0 amide bonds. The molecule has 0 saturated heterocycles. The molecular weight excluding hydrogens is 324 g/mol. The lowest BCUT2D eigenvalue weighted by atomic mass is 10.2. The quantitative estimate of drug-likeness (QED) is 0.894. The van der Waals surface area contributed by atoms with Crippen molar-refractivity contribution in [2.24, 2.45) is 0 Å². The molecule has 0 aliphatic rings. The van der Waals surface area contributed by atoms with E-state index < -0.39 is 12.1 Å². The summed E-state index contributed by atoms with van der Waals surface area (Å²) in [5, 5.41) is 17.5. The predicted molar refractivity (Wildman–Crippen MR) is 57.1 cm³/mol. The molecule has 1 aromatic rings. The Kier molecular flexibility index (Phi) is 3.90. The molecule has 0 aromatic carbocycles. The molecule has 0 aliphatic heterocycles. The third kappa shape index (κ3) is 3.05. The number of rotatable bonds is 3. The molecule has 1 rings (SSSR count). The summed E-state index contributed by atoms with van der Waals surface area (Å²) < 4.78 is 1.78. The Bertz CT molecular complexity index is 304. The molecule has 1 heterocycles. The van der Waals surface area contributed by atoms with Gasteiger partial charge >= 0.3 is 5.97 Å². The summed E-state index contributed by atoms with van der Waals surface area (Å²) in [6.45, 7) is 0. The highest BCUT2D eigenvalue weighted by Gasteiger charge is 2.15. The molecule has 0 radical (unpaired) electrons. The lowest BCUT2D eigenvalue weighted by molar-refractivity contribution is -0.146. The summed E-state index contributed by atoms with van der Waals surface area (Å²) in [6, 6.07) is 1.79. The Morgan fingerprint density at radius 1 is 1.62 bits per heavy atom. The summed E-state index contributed by atoms with van der Waals surface area (Å²) in [7, 11) is 0. The molecule has 1 atom stereocenters. The summed E-state index contributed by atoms with van der Waals surface area (Å²) in [6.07, 6.45) is -1.18. The summed E-state index contributed by atoms with van der Waals surface area (Å²) in [4.78, 5) is 11.2. The highest BCUT2D eigenvalue weighted by Crippen LogP contribution is 2.32. The number of halogens is 2. The van der Waals surface area contributed by atoms with Crippen LogP contribution in [-0.2, 0) is 11.2 Å². The average Bonchev–Trinajstić information content (AvgIpc) is 2.31. The molecule has 13 heavy (non-hydrogen) atoms. The van der Waals surface area contributed by atoms with Gasteiger partial charge < -0.3 is 10.2 Å². The molecule has 0 fully saturated rings. The first-order chi connectivity index (χ1) is 6.00. The molecule has 6 heteroatoms. The molecule has 2 N–H and O–H groups in total. The Morgan fingerprint density at radius 3 is 2.62 bits per heavy atom. The molecule has 0 spiro atoms. The zero-order valence-electron chi connectivity index (χ0n) is 6.33. The molecule has 3 nitrogen and oxygen atoms in total. The lowest BCUT2D eigenvalue weighted by Gasteiger charge is -2.01. The lowest BCUT2D eigenvalue weighted by Crippen LogP contribution is -2.21. The van der Waals surface area contributed by atoms with Crippen LogP contribution in [-0.4, -0.2) is 22.3 Å². The van der Waals surface area contributed by atoms with E-state index in [1.54, 1.807) is 6.07 Å². The number of thiophene rings is 1. The number of carbonyl (C=O) groups is 1. The predicted octanol–water partition coefficient (Wildman–Crippen LogP) is 2.26. The van der Waals surface area contributed by atoms with Crippen molar-refractivity contribution in [3.63, 3.8) is 0 Å². The SMILES string of the molecule is O=C(O)C(O)Cc1cc(Br)c(Br)s1. The van der Waals surface area contributed by atoms with Crippen LogP contribution in [0.1, 0.15) is 4.88 Å². The number of hydrogen-bond donors (Lipinski definition) is 2. The summed E-state index contributed by atoms with van der Waals surface area (Å²) >= 11 is 7.97. The number of aliphatic hydroxyl groups excluding tert-OH is 1. The van der Waals surface area contributed by atoms with Crippen molar-refractivity contribution in [3.8, 4) is 0 Å². The fraction of sp³-hybridized carbons (Fsp3) is 0.286. The minimum Gasteiger partial charge on any atom is -0.479 e. The van der Waals surface area contributed by atoms with Gasteiger partial charge in [-0.1, -0.05) is 0 Å². The van der Waals surface area contributed by atoms with E-state index in [4.69, 9.17) is 10.2 Å². The second-order valence-corrected chi connectivity index (χ2v) is 5.70. The number of aliphatic hydroxyl groups is 1. The molecule has 0 aliphatic carbocycles. The van der Waals surface area contributed by atoms with E-state index in [0.717, 1.165) is 13.1 Å². The first-order valence-corrected chi connectivity index (χ1v) is 5.75. The minimum atomic E-state index is -1.32. The first-order valence-electron chi connectivity index (χ1n) is 3.35. The van der Waals surface area contributed by atoms with Gasteiger partial charge in [-0.05, 0) is 37.9 Å². The van der Waals surface area contributed by atoms with Crippen LogP contribution in [0.3, 0.4) is 0 Å². The number of carboxylic acid groups (broad SMARTS) is 1. The maximum atomic E-state index is 10.3. The number of carboxylic acids is 1. The van der Waals surface area contributed by atoms with Crippen LogP contribution in [0.2, 0.25) is 0 Å². The van der Waals surface area contributed by atoms with Crippen LogP contribution in [0.25, 0.3) is 0 Å². The van der Waals surface area contributed by atoms with Gasteiger partial charge in [0.25, 0.3) is 0 Å². The largest absolute Gasteiger partial charge is 0.479 e. The third-order valence-corrected chi connectivity index (χ3v) is 4.65. The summed E-state index contributed by atoms with van der Waals surface area (Å²) in [5.74, 6) is -1.19. The minimum absolute atomic E-state index is 0.143. The van der Waals surface area contributed by atoms with Crippen LogP contribution in [0.5, 0.6) is 0 Å². The maximum Gasteiger partial charge on any atom is 0.332 e. The standard InChI is InChI=1S/C7H6Br2O3S/c8-4-1-3(13-6(4)9)2-5(10)7(11)12/h1,5,10H,2H2,(H,11,12). The highest BCUT2D eigenvalue weighted by atomic mass is 79.9. The number of aliphatic carboxylic acids is 1. The molecule has 72 valence electrons. The average molecular weight is 330 g/mol. The van der Waals surface area contributed by atoms with Gasteiger partial charge in [0.05, 0.1) is 3.79 Å². The third-order valence-electron chi connectivity index (χ3n) is 1.38. The fourth-order valence-electron chi connectivity index (χ4n) is 0.770. The van der Waals surface area contributed by atoms with Crippen LogP contribution in [0, 0.1) is 0 Å². The van der Waals surface area contributed by atoms with Crippen LogP contribution >= 0.6 is 43.2 Å².